The van der Waals surface area contributed by atoms with Crippen LogP contribution in [0.5, 0.6) is 5.75 Å². The van der Waals surface area contributed by atoms with Gasteiger partial charge in [0.2, 0.25) is 0 Å². The van der Waals surface area contributed by atoms with Crippen LogP contribution in [0.15, 0.2) is 54.9 Å². The zero-order valence-electron chi connectivity index (χ0n) is 19.7. The normalized spacial score (nSPS) is 12.4. The number of nitrogens with two attached hydrogens (primary N) is 1. The monoisotopic (exact) mass is 446 g/mol. The van der Waals surface area contributed by atoms with Crippen molar-refractivity contribution in [3.05, 3.63) is 60.4 Å². The molecule has 4 aromatic rings. The van der Waals surface area contributed by atoms with Gasteiger partial charge < -0.3 is 19.8 Å². The number of nitrogen functional groups attached to an aromatic ring is 1. The van der Waals surface area contributed by atoms with E-state index in [1.807, 2.05) is 31.5 Å². The van der Waals surface area contributed by atoms with Crippen molar-refractivity contribution in [3.63, 3.8) is 0 Å². The van der Waals surface area contributed by atoms with Crippen LogP contribution >= 0.6 is 0 Å². The van der Waals surface area contributed by atoms with Crippen LogP contribution in [0, 0.1) is 0 Å². The highest BCUT2D eigenvalue weighted by atomic mass is 16.5. The molecule has 2 heterocycles. The van der Waals surface area contributed by atoms with Crippen LogP contribution in [0.25, 0.3) is 21.9 Å². The average molecular weight is 447 g/mol. The molecule has 0 radical (unpaired) electrons. The molecule has 6 heteroatoms. The van der Waals surface area contributed by atoms with Gasteiger partial charge in [0.1, 0.15) is 11.3 Å². The molecule has 1 atom stereocenters. The second-order valence-electron chi connectivity index (χ2n) is 8.43. The number of para-hydroxylation sites is 1. The molecule has 0 saturated carbocycles. The number of ether oxygens (including phenoxy) is 2. The summed E-state index contributed by atoms with van der Waals surface area (Å²) in [5.41, 5.74) is 10.1. The van der Waals surface area contributed by atoms with E-state index < -0.39 is 0 Å². The fraction of sp³-hybridized carbons (Fsp3) is 0.407. The summed E-state index contributed by atoms with van der Waals surface area (Å²) in [6.07, 6.45) is 7.52. The van der Waals surface area contributed by atoms with Crippen LogP contribution in [-0.2, 0) is 11.2 Å². The van der Waals surface area contributed by atoms with Crippen LogP contribution in [-0.4, -0.2) is 34.4 Å². The Kier molecular flexibility index (Phi) is 7.79. The van der Waals surface area contributed by atoms with Gasteiger partial charge in [0.05, 0.1) is 36.6 Å². The zero-order chi connectivity index (χ0) is 23.0. The summed E-state index contributed by atoms with van der Waals surface area (Å²) < 4.78 is 14.0. The number of unbranched alkanes of at least 4 members (excludes halogenated alkanes) is 3. The van der Waals surface area contributed by atoms with Crippen molar-refractivity contribution in [2.24, 2.45) is 0 Å². The van der Waals surface area contributed by atoms with Crippen LogP contribution in [0.1, 0.15) is 51.1 Å². The van der Waals surface area contributed by atoms with E-state index in [9.17, 15) is 0 Å². The predicted molar refractivity (Wildman–Crippen MR) is 135 cm³/mol. The minimum absolute atomic E-state index is 0.0842. The molecule has 33 heavy (non-hydrogen) atoms. The molecule has 0 amide bonds. The molecule has 0 aliphatic rings. The summed E-state index contributed by atoms with van der Waals surface area (Å²) in [5, 5.41) is 1.05. The third-order valence-corrected chi connectivity index (χ3v) is 6.01. The fourth-order valence-electron chi connectivity index (χ4n) is 4.25. The van der Waals surface area contributed by atoms with Gasteiger partial charge in [-0.15, -0.1) is 0 Å². The first-order valence-corrected chi connectivity index (χ1v) is 12.0. The first-order valence-electron chi connectivity index (χ1n) is 12.0. The standard InChI is InChI=1S/C27H34N4O2/c1-3-5-6-9-16-33-22-14-12-20(13-15-22)17-21(18-32-4-2)31-19-29-25-26(31)23-10-7-8-11-24(23)30-27(25)28/h7-8,10-15,19,21H,3-6,9,16-18H2,1-2H3,(H2,28,30)/t21-/m0/s1. The molecule has 2 N–H and O–H groups in total. The summed E-state index contributed by atoms with van der Waals surface area (Å²) in [4.78, 5) is 9.14. The Hall–Kier alpha value is -3.12. The number of rotatable bonds is 12. The molecule has 0 fully saturated rings. The molecule has 2 aromatic carbocycles. The van der Waals surface area contributed by atoms with Crippen LogP contribution in [0.4, 0.5) is 5.82 Å². The molecule has 174 valence electrons. The molecular formula is C27H34N4O2. The number of anilines is 1. The summed E-state index contributed by atoms with van der Waals surface area (Å²) in [5.74, 6) is 1.38. The van der Waals surface area contributed by atoms with Gasteiger partial charge in [0, 0.05) is 12.0 Å². The predicted octanol–water partition coefficient (Wildman–Crippen LogP) is 5.95. The minimum Gasteiger partial charge on any atom is -0.494 e. The highest BCUT2D eigenvalue weighted by Crippen LogP contribution is 2.30. The SMILES string of the molecule is CCCCCCOc1ccc(C[C@@H](COCC)n2cnc3c(N)nc4ccccc4c32)cc1. The van der Waals surface area contributed by atoms with Crippen molar-refractivity contribution in [1.29, 1.82) is 0 Å². The maximum absolute atomic E-state index is 6.24. The maximum Gasteiger partial charge on any atom is 0.152 e. The smallest absolute Gasteiger partial charge is 0.152 e. The summed E-state index contributed by atoms with van der Waals surface area (Å²) in [6.45, 7) is 6.27. The lowest BCUT2D eigenvalue weighted by atomic mass is 10.1. The minimum atomic E-state index is 0.0842. The van der Waals surface area contributed by atoms with Gasteiger partial charge in [0.25, 0.3) is 0 Å². The van der Waals surface area contributed by atoms with Crippen molar-refractivity contribution in [3.8, 4) is 5.75 Å². The highest BCUT2D eigenvalue weighted by Gasteiger charge is 2.19. The Balaban J connectivity index is 1.56. The molecule has 4 rings (SSSR count). The number of pyridine rings is 1. The number of benzene rings is 2. The van der Waals surface area contributed by atoms with Crippen molar-refractivity contribution in [2.45, 2.75) is 52.0 Å². The van der Waals surface area contributed by atoms with E-state index in [1.165, 1.54) is 24.8 Å². The molecule has 2 aromatic heterocycles. The van der Waals surface area contributed by atoms with Crippen LogP contribution < -0.4 is 10.5 Å². The number of hydrogen-bond acceptors (Lipinski definition) is 5. The lowest BCUT2D eigenvalue weighted by Gasteiger charge is -2.20. The maximum atomic E-state index is 6.24. The molecular weight excluding hydrogens is 412 g/mol. The lowest BCUT2D eigenvalue weighted by Crippen LogP contribution is -2.18. The van der Waals surface area contributed by atoms with E-state index in [1.54, 1.807) is 0 Å². The molecule has 0 spiro atoms. The molecule has 0 bridgehead atoms. The van der Waals surface area contributed by atoms with Crippen molar-refractivity contribution in [1.82, 2.24) is 14.5 Å². The van der Waals surface area contributed by atoms with E-state index >= 15 is 0 Å². The Labute approximate surface area is 195 Å². The van der Waals surface area contributed by atoms with Crippen molar-refractivity contribution < 1.29 is 9.47 Å². The molecule has 0 unspecified atom stereocenters. The third-order valence-electron chi connectivity index (χ3n) is 6.01. The van der Waals surface area contributed by atoms with E-state index in [0.717, 1.165) is 47.1 Å². The highest BCUT2D eigenvalue weighted by molar-refractivity contribution is 6.06. The van der Waals surface area contributed by atoms with E-state index in [0.29, 0.717) is 19.0 Å². The van der Waals surface area contributed by atoms with E-state index in [4.69, 9.17) is 15.2 Å². The molecule has 0 aliphatic heterocycles. The number of nitrogens with zero attached hydrogens (tertiary/aromatic N) is 3. The Bertz CT molecular complexity index is 1170. The summed E-state index contributed by atoms with van der Waals surface area (Å²) >= 11 is 0. The van der Waals surface area contributed by atoms with E-state index in [2.05, 4.69) is 51.8 Å². The fourth-order valence-corrected chi connectivity index (χ4v) is 4.25. The molecule has 6 nitrogen and oxygen atoms in total. The lowest BCUT2D eigenvalue weighted by molar-refractivity contribution is 0.114. The van der Waals surface area contributed by atoms with Crippen molar-refractivity contribution in [2.75, 3.05) is 25.6 Å². The van der Waals surface area contributed by atoms with Gasteiger partial charge in [0.15, 0.2) is 5.82 Å². The quantitative estimate of drug-likeness (QED) is 0.272. The number of fused-ring (bicyclic) bond motifs is 3. The summed E-state index contributed by atoms with van der Waals surface area (Å²) in [6, 6.07) is 16.6. The number of aromatic nitrogens is 3. The second-order valence-corrected chi connectivity index (χ2v) is 8.43. The number of imidazole rings is 1. The topological polar surface area (TPSA) is 75.2 Å². The zero-order valence-corrected chi connectivity index (χ0v) is 19.7. The van der Waals surface area contributed by atoms with Gasteiger partial charge in [-0.25, -0.2) is 9.97 Å². The van der Waals surface area contributed by atoms with Gasteiger partial charge in [-0.2, -0.15) is 0 Å². The van der Waals surface area contributed by atoms with Gasteiger partial charge >= 0.3 is 0 Å². The molecule has 0 aliphatic carbocycles. The Morgan fingerprint density at radius 1 is 1.00 bits per heavy atom. The largest absolute Gasteiger partial charge is 0.494 e. The van der Waals surface area contributed by atoms with Crippen LogP contribution in [0.2, 0.25) is 0 Å². The van der Waals surface area contributed by atoms with Gasteiger partial charge in [-0.3, -0.25) is 0 Å². The number of hydrogen-bond donors (Lipinski definition) is 1. The van der Waals surface area contributed by atoms with Crippen molar-refractivity contribution >= 4 is 27.8 Å². The Morgan fingerprint density at radius 3 is 2.61 bits per heavy atom. The van der Waals surface area contributed by atoms with Gasteiger partial charge in [-0.1, -0.05) is 56.5 Å². The first-order chi connectivity index (χ1) is 16.2. The molecule has 0 saturated heterocycles. The third kappa shape index (κ3) is 5.45. The Morgan fingerprint density at radius 2 is 1.82 bits per heavy atom. The second kappa shape index (κ2) is 11.1. The van der Waals surface area contributed by atoms with E-state index in [-0.39, 0.29) is 6.04 Å². The van der Waals surface area contributed by atoms with Gasteiger partial charge in [-0.05, 0) is 43.5 Å². The first kappa shape index (κ1) is 23.1. The van der Waals surface area contributed by atoms with Crippen LogP contribution in [0.3, 0.4) is 0 Å². The average Bonchev–Trinajstić information content (AvgIpc) is 3.29. The summed E-state index contributed by atoms with van der Waals surface area (Å²) in [7, 11) is 0.